The molecule has 5 amide bonds. The van der Waals surface area contributed by atoms with Crippen LogP contribution in [0.1, 0.15) is 47.0 Å². The molecule has 0 radical (unpaired) electrons. The molecule has 0 saturated carbocycles. The van der Waals surface area contributed by atoms with E-state index in [1.807, 2.05) is 0 Å². The molecule has 0 rings (SSSR count). The summed E-state index contributed by atoms with van der Waals surface area (Å²) < 4.78 is 0. The zero-order valence-corrected chi connectivity index (χ0v) is 18.7. The Hall–Kier alpha value is -3.22. The smallest absolute Gasteiger partial charge is 0.326 e. The lowest BCUT2D eigenvalue weighted by atomic mass is 10.0. The monoisotopic (exact) mass is 458 g/mol. The highest BCUT2D eigenvalue weighted by atomic mass is 16.4. The van der Waals surface area contributed by atoms with E-state index in [1.165, 1.54) is 0 Å². The summed E-state index contributed by atoms with van der Waals surface area (Å²) in [5.41, 5.74) is 15.8. The van der Waals surface area contributed by atoms with Gasteiger partial charge in [-0.15, -0.1) is 0 Å². The van der Waals surface area contributed by atoms with Crippen LogP contribution < -0.4 is 33.2 Å². The molecule has 0 aromatic carbocycles. The predicted octanol–water partition coefficient (Wildman–Crippen LogP) is -2.69. The molecular weight excluding hydrogens is 424 g/mol. The summed E-state index contributed by atoms with van der Waals surface area (Å²) in [6.07, 6.45) is -0.899. The van der Waals surface area contributed by atoms with E-state index in [4.69, 9.17) is 17.2 Å². The van der Waals surface area contributed by atoms with E-state index in [9.17, 15) is 33.9 Å². The lowest BCUT2D eigenvalue weighted by Crippen LogP contribution is -2.59. The molecule has 182 valence electrons. The van der Waals surface area contributed by atoms with Gasteiger partial charge in [-0.05, 0) is 18.3 Å². The number of amides is 5. The van der Waals surface area contributed by atoms with Gasteiger partial charge in [-0.25, -0.2) is 4.79 Å². The maximum Gasteiger partial charge on any atom is 0.326 e. The minimum Gasteiger partial charge on any atom is -0.480 e. The second-order valence-electron chi connectivity index (χ2n) is 8.27. The lowest BCUT2D eigenvalue weighted by molar-refractivity contribution is -0.143. The first-order chi connectivity index (χ1) is 14.6. The van der Waals surface area contributed by atoms with Gasteiger partial charge in [-0.1, -0.05) is 27.7 Å². The van der Waals surface area contributed by atoms with Crippen LogP contribution in [0.5, 0.6) is 0 Å². The number of nitrogens with two attached hydrogens (primary N) is 3. The third-order valence-corrected chi connectivity index (χ3v) is 4.36. The highest BCUT2D eigenvalue weighted by Crippen LogP contribution is 2.08. The first-order valence-corrected chi connectivity index (χ1v) is 10.1. The second-order valence-corrected chi connectivity index (χ2v) is 8.27. The molecule has 0 aromatic heterocycles. The highest BCUT2D eigenvalue weighted by molar-refractivity contribution is 5.96. The fourth-order valence-electron chi connectivity index (χ4n) is 2.74. The molecule has 0 spiro atoms. The maximum atomic E-state index is 12.8. The molecule has 0 aromatic rings. The topological polar surface area (TPSA) is 237 Å². The number of hydrogen-bond acceptors (Lipinski definition) is 7. The maximum absolute atomic E-state index is 12.8. The standard InChI is InChI=1S/C19H34N6O7/c1-8(2)5-12(19(31)32)24-17(29)11(7-14(22)27)23-18(30)15(9(3)4)25-16(28)10(20)6-13(21)26/h8-12,15H,5-7,20H2,1-4H3,(H2,21,26)(H2,22,27)(H,23,30)(H,24,29)(H,25,28)(H,31,32). The normalized spacial score (nSPS) is 14.7. The van der Waals surface area contributed by atoms with Crippen molar-refractivity contribution in [3.63, 3.8) is 0 Å². The number of nitrogens with one attached hydrogen (secondary N) is 3. The van der Waals surface area contributed by atoms with Crippen molar-refractivity contribution in [3.8, 4) is 0 Å². The molecule has 0 aliphatic carbocycles. The first-order valence-electron chi connectivity index (χ1n) is 10.1. The number of carbonyl (C=O) groups excluding carboxylic acids is 5. The van der Waals surface area contributed by atoms with E-state index in [1.54, 1.807) is 27.7 Å². The largest absolute Gasteiger partial charge is 0.480 e. The van der Waals surface area contributed by atoms with Gasteiger partial charge in [0.25, 0.3) is 0 Å². The number of carboxylic acid groups (broad SMARTS) is 1. The van der Waals surface area contributed by atoms with Crippen LogP contribution in [0.4, 0.5) is 0 Å². The fourth-order valence-corrected chi connectivity index (χ4v) is 2.74. The molecule has 4 atom stereocenters. The second kappa shape index (κ2) is 13.2. The molecule has 0 saturated heterocycles. The summed E-state index contributed by atoms with van der Waals surface area (Å²) in [7, 11) is 0. The number of carbonyl (C=O) groups is 6. The Morgan fingerprint density at radius 2 is 1.25 bits per heavy atom. The number of primary amides is 2. The number of carboxylic acids is 1. The molecular formula is C19H34N6O7. The van der Waals surface area contributed by atoms with Gasteiger partial charge in [0.05, 0.1) is 18.9 Å². The molecule has 0 bridgehead atoms. The molecule has 0 heterocycles. The van der Waals surface area contributed by atoms with Crippen molar-refractivity contribution in [2.24, 2.45) is 29.0 Å². The van der Waals surface area contributed by atoms with Gasteiger partial charge in [-0.3, -0.25) is 24.0 Å². The third kappa shape index (κ3) is 10.7. The zero-order valence-electron chi connectivity index (χ0n) is 18.7. The van der Waals surface area contributed by atoms with Crippen LogP contribution in [-0.4, -0.2) is 64.8 Å². The van der Waals surface area contributed by atoms with Gasteiger partial charge in [0, 0.05) is 0 Å². The highest BCUT2D eigenvalue weighted by Gasteiger charge is 2.32. The van der Waals surface area contributed by atoms with Crippen LogP contribution in [0.25, 0.3) is 0 Å². The summed E-state index contributed by atoms with van der Waals surface area (Å²) in [5, 5.41) is 16.3. The third-order valence-electron chi connectivity index (χ3n) is 4.36. The average Bonchev–Trinajstić information content (AvgIpc) is 2.62. The Bertz CT molecular complexity index is 725. The van der Waals surface area contributed by atoms with E-state index in [-0.39, 0.29) is 12.3 Å². The number of aliphatic carboxylic acids is 1. The number of hydrogen-bond donors (Lipinski definition) is 7. The Morgan fingerprint density at radius 3 is 1.66 bits per heavy atom. The summed E-state index contributed by atoms with van der Waals surface area (Å²) >= 11 is 0. The van der Waals surface area contributed by atoms with E-state index in [0.29, 0.717) is 0 Å². The van der Waals surface area contributed by atoms with Crippen molar-refractivity contribution in [1.82, 2.24) is 16.0 Å². The summed E-state index contributed by atoms with van der Waals surface area (Å²) in [6, 6.07) is -5.15. The molecule has 4 unspecified atom stereocenters. The molecule has 0 fully saturated rings. The van der Waals surface area contributed by atoms with E-state index >= 15 is 0 Å². The Balaban J connectivity index is 5.47. The van der Waals surface area contributed by atoms with Crippen LogP contribution in [-0.2, 0) is 28.8 Å². The van der Waals surface area contributed by atoms with E-state index < -0.39 is 78.4 Å². The van der Waals surface area contributed by atoms with Crippen LogP contribution in [0.3, 0.4) is 0 Å². The fraction of sp³-hybridized carbons (Fsp3) is 0.684. The van der Waals surface area contributed by atoms with Crippen LogP contribution in [0.2, 0.25) is 0 Å². The molecule has 13 heteroatoms. The van der Waals surface area contributed by atoms with E-state index in [0.717, 1.165) is 0 Å². The van der Waals surface area contributed by atoms with Gasteiger partial charge in [-0.2, -0.15) is 0 Å². The van der Waals surface area contributed by atoms with Crippen molar-refractivity contribution in [1.29, 1.82) is 0 Å². The zero-order chi connectivity index (χ0) is 25.2. The van der Waals surface area contributed by atoms with Crippen molar-refractivity contribution >= 4 is 35.5 Å². The van der Waals surface area contributed by atoms with Crippen molar-refractivity contribution in [2.75, 3.05) is 0 Å². The quantitative estimate of drug-likeness (QED) is 0.144. The van der Waals surface area contributed by atoms with Crippen LogP contribution in [0.15, 0.2) is 0 Å². The van der Waals surface area contributed by atoms with Crippen LogP contribution in [0, 0.1) is 11.8 Å². The van der Waals surface area contributed by atoms with Gasteiger partial charge >= 0.3 is 5.97 Å². The van der Waals surface area contributed by atoms with Gasteiger partial charge < -0.3 is 38.3 Å². The van der Waals surface area contributed by atoms with Gasteiger partial charge in [0.15, 0.2) is 0 Å². The van der Waals surface area contributed by atoms with Crippen molar-refractivity contribution < 1.29 is 33.9 Å². The Labute approximate surface area is 186 Å². The SMILES string of the molecule is CC(C)CC(NC(=O)C(CC(N)=O)NC(=O)C(NC(=O)C(N)CC(N)=O)C(C)C)C(=O)O. The Morgan fingerprint density at radius 1 is 0.750 bits per heavy atom. The van der Waals surface area contributed by atoms with Crippen molar-refractivity contribution in [2.45, 2.75) is 71.1 Å². The molecule has 0 aliphatic heterocycles. The van der Waals surface area contributed by atoms with E-state index in [2.05, 4.69) is 16.0 Å². The number of rotatable bonds is 14. The minimum absolute atomic E-state index is 0.0503. The summed E-state index contributed by atoms with van der Waals surface area (Å²) in [5.74, 6) is -6.04. The molecule has 13 nitrogen and oxygen atoms in total. The van der Waals surface area contributed by atoms with Gasteiger partial charge in [0.2, 0.25) is 29.5 Å². The van der Waals surface area contributed by atoms with Crippen molar-refractivity contribution in [3.05, 3.63) is 0 Å². The Kier molecular flexibility index (Phi) is 11.9. The molecule has 10 N–H and O–H groups in total. The molecule has 32 heavy (non-hydrogen) atoms. The van der Waals surface area contributed by atoms with Crippen LogP contribution >= 0.6 is 0 Å². The summed E-state index contributed by atoms with van der Waals surface area (Å²) in [4.78, 5) is 71.3. The predicted molar refractivity (Wildman–Crippen MR) is 113 cm³/mol. The minimum atomic E-state index is -1.47. The lowest BCUT2D eigenvalue weighted by Gasteiger charge is -2.26. The average molecular weight is 459 g/mol. The molecule has 0 aliphatic rings. The van der Waals surface area contributed by atoms with Gasteiger partial charge in [0.1, 0.15) is 18.1 Å². The first kappa shape index (κ1) is 28.8. The summed E-state index contributed by atoms with van der Waals surface area (Å²) in [6.45, 7) is 6.75.